The molecule has 4 heteroatoms. The van der Waals surface area contributed by atoms with Gasteiger partial charge < -0.3 is 10.6 Å². The molecule has 0 amide bonds. The van der Waals surface area contributed by atoms with Gasteiger partial charge in [-0.3, -0.25) is 0 Å². The number of rotatable bonds is 1. The Morgan fingerprint density at radius 3 is 2.90 bits per heavy atom. The Kier molecular flexibility index (Phi) is 3.29. The Morgan fingerprint density at radius 2 is 2.15 bits per heavy atom. The van der Waals surface area contributed by atoms with Crippen LogP contribution in [-0.4, -0.2) is 24.1 Å². The van der Waals surface area contributed by atoms with Crippen LogP contribution in [0.25, 0.3) is 10.9 Å². The van der Waals surface area contributed by atoms with E-state index in [-0.39, 0.29) is 6.04 Å². The maximum absolute atomic E-state index is 9.39. The van der Waals surface area contributed by atoms with Crippen LogP contribution in [0.15, 0.2) is 30.3 Å². The maximum Gasteiger partial charge on any atom is 0.147 e. The van der Waals surface area contributed by atoms with Gasteiger partial charge in [-0.05, 0) is 24.5 Å². The lowest BCUT2D eigenvalue weighted by Gasteiger charge is -2.36. The van der Waals surface area contributed by atoms with Gasteiger partial charge in [-0.1, -0.05) is 25.1 Å². The SMILES string of the molecule is CC1CC(N)CN(c2nc3ccccc3cc2C#N)C1. The molecule has 2 aromatic rings. The van der Waals surface area contributed by atoms with Gasteiger partial charge in [0, 0.05) is 24.5 Å². The molecular weight excluding hydrogens is 248 g/mol. The van der Waals surface area contributed by atoms with E-state index in [2.05, 4.69) is 22.9 Å². The van der Waals surface area contributed by atoms with E-state index in [1.54, 1.807) is 0 Å². The number of fused-ring (bicyclic) bond motifs is 1. The summed E-state index contributed by atoms with van der Waals surface area (Å²) in [6.07, 6.45) is 1.03. The minimum atomic E-state index is 0.151. The molecule has 2 N–H and O–H groups in total. The summed E-state index contributed by atoms with van der Waals surface area (Å²) in [5, 5.41) is 10.4. The van der Waals surface area contributed by atoms with Crippen molar-refractivity contribution in [1.82, 2.24) is 4.98 Å². The standard InChI is InChI=1S/C16H18N4/c1-11-6-14(18)10-20(9-11)16-13(8-17)7-12-4-2-3-5-15(12)19-16/h2-5,7,11,14H,6,9-10,18H2,1H3. The summed E-state index contributed by atoms with van der Waals surface area (Å²) in [5.74, 6) is 1.30. The molecule has 2 atom stereocenters. The summed E-state index contributed by atoms with van der Waals surface area (Å²) in [7, 11) is 0. The zero-order valence-corrected chi connectivity index (χ0v) is 11.6. The molecule has 2 unspecified atom stereocenters. The molecule has 20 heavy (non-hydrogen) atoms. The molecule has 0 saturated carbocycles. The van der Waals surface area contributed by atoms with Gasteiger partial charge in [0.2, 0.25) is 0 Å². The van der Waals surface area contributed by atoms with E-state index >= 15 is 0 Å². The Labute approximate surface area is 118 Å². The zero-order chi connectivity index (χ0) is 14.1. The van der Waals surface area contributed by atoms with Crippen LogP contribution >= 0.6 is 0 Å². The highest BCUT2D eigenvalue weighted by Gasteiger charge is 2.25. The van der Waals surface area contributed by atoms with E-state index in [0.717, 1.165) is 36.2 Å². The van der Waals surface area contributed by atoms with E-state index < -0.39 is 0 Å². The number of pyridine rings is 1. The normalized spacial score (nSPS) is 22.8. The summed E-state index contributed by atoms with van der Waals surface area (Å²) in [6.45, 7) is 3.87. The molecule has 1 aliphatic heterocycles. The molecule has 0 spiro atoms. The molecular formula is C16H18N4. The topological polar surface area (TPSA) is 65.9 Å². The van der Waals surface area contributed by atoms with E-state index in [4.69, 9.17) is 5.73 Å². The monoisotopic (exact) mass is 266 g/mol. The van der Waals surface area contributed by atoms with Crippen molar-refractivity contribution in [3.8, 4) is 6.07 Å². The first-order valence-electron chi connectivity index (χ1n) is 6.98. The van der Waals surface area contributed by atoms with Gasteiger partial charge in [-0.25, -0.2) is 4.98 Å². The number of para-hydroxylation sites is 1. The van der Waals surface area contributed by atoms with E-state index in [1.165, 1.54) is 0 Å². The second-order valence-corrected chi connectivity index (χ2v) is 5.67. The van der Waals surface area contributed by atoms with Gasteiger partial charge >= 0.3 is 0 Å². The average Bonchev–Trinajstić information content (AvgIpc) is 2.44. The van der Waals surface area contributed by atoms with Crippen LogP contribution in [0, 0.1) is 17.2 Å². The summed E-state index contributed by atoms with van der Waals surface area (Å²) in [5.41, 5.74) is 7.66. The predicted octanol–water partition coefficient (Wildman–Crippen LogP) is 2.28. The number of anilines is 1. The number of hydrogen-bond acceptors (Lipinski definition) is 4. The number of nitrogens with zero attached hydrogens (tertiary/aromatic N) is 3. The van der Waals surface area contributed by atoms with Gasteiger partial charge in [0.25, 0.3) is 0 Å². The maximum atomic E-state index is 9.39. The quantitative estimate of drug-likeness (QED) is 0.860. The van der Waals surface area contributed by atoms with Crippen LogP contribution in [0.1, 0.15) is 18.9 Å². The van der Waals surface area contributed by atoms with Gasteiger partial charge in [0.15, 0.2) is 0 Å². The number of aromatic nitrogens is 1. The molecule has 1 saturated heterocycles. The minimum Gasteiger partial charge on any atom is -0.354 e. The summed E-state index contributed by atoms with van der Waals surface area (Å²) in [4.78, 5) is 6.84. The van der Waals surface area contributed by atoms with Gasteiger partial charge in [-0.15, -0.1) is 0 Å². The number of nitrogens with two attached hydrogens (primary N) is 1. The third-order valence-electron chi connectivity index (χ3n) is 3.82. The fourth-order valence-corrected chi connectivity index (χ4v) is 3.00. The Morgan fingerprint density at radius 1 is 1.35 bits per heavy atom. The van der Waals surface area contributed by atoms with Crippen molar-refractivity contribution in [2.24, 2.45) is 11.7 Å². The largest absolute Gasteiger partial charge is 0.354 e. The lowest BCUT2D eigenvalue weighted by Crippen LogP contribution is -2.47. The Hall–Kier alpha value is -2.12. The first-order valence-corrected chi connectivity index (χ1v) is 6.98. The first kappa shape index (κ1) is 12.9. The van der Waals surface area contributed by atoms with Crippen molar-refractivity contribution in [2.45, 2.75) is 19.4 Å². The molecule has 1 aromatic heterocycles. The zero-order valence-electron chi connectivity index (χ0n) is 11.6. The summed E-state index contributed by atoms with van der Waals surface area (Å²) in [6, 6.07) is 12.2. The molecule has 1 aromatic carbocycles. The van der Waals surface area contributed by atoms with E-state index in [0.29, 0.717) is 11.5 Å². The van der Waals surface area contributed by atoms with Crippen LogP contribution in [-0.2, 0) is 0 Å². The first-order chi connectivity index (χ1) is 9.67. The molecule has 2 heterocycles. The molecule has 0 radical (unpaired) electrons. The third-order valence-corrected chi connectivity index (χ3v) is 3.82. The number of piperidine rings is 1. The fraction of sp³-hybridized carbons (Fsp3) is 0.375. The fourth-order valence-electron chi connectivity index (χ4n) is 3.00. The third kappa shape index (κ3) is 2.33. The molecule has 0 aliphatic carbocycles. The van der Waals surface area contributed by atoms with E-state index in [1.807, 2.05) is 30.3 Å². The summed E-state index contributed by atoms with van der Waals surface area (Å²) >= 11 is 0. The van der Waals surface area contributed by atoms with Gasteiger partial charge in [-0.2, -0.15) is 5.26 Å². The van der Waals surface area contributed by atoms with Crippen molar-refractivity contribution < 1.29 is 0 Å². The van der Waals surface area contributed by atoms with Crippen molar-refractivity contribution in [2.75, 3.05) is 18.0 Å². The molecule has 1 fully saturated rings. The van der Waals surface area contributed by atoms with Crippen molar-refractivity contribution in [3.63, 3.8) is 0 Å². The highest BCUT2D eigenvalue weighted by molar-refractivity contribution is 5.83. The van der Waals surface area contributed by atoms with Gasteiger partial charge in [0.05, 0.1) is 11.1 Å². The second kappa shape index (κ2) is 5.10. The van der Waals surface area contributed by atoms with Crippen molar-refractivity contribution in [3.05, 3.63) is 35.9 Å². The van der Waals surface area contributed by atoms with E-state index in [9.17, 15) is 5.26 Å². The molecule has 4 nitrogen and oxygen atoms in total. The van der Waals surface area contributed by atoms with Crippen LogP contribution in [0.3, 0.4) is 0 Å². The smallest absolute Gasteiger partial charge is 0.147 e. The Balaban J connectivity index is 2.08. The van der Waals surface area contributed by atoms with Gasteiger partial charge in [0.1, 0.15) is 11.9 Å². The van der Waals surface area contributed by atoms with Crippen LogP contribution in [0.5, 0.6) is 0 Å². The lowest BCUT2D eigenvalue weighted by atomic mass is 9.96. The highest BCUT2D eigenvalue weighted by Crippen LogP contribution is 2.26. The second-order valence-electron chi connectivity index (χ2n) is 5.67. The van der Waals surface area contributed by atoms with Crippen LogP contribution in [0.2, 0.25) is 0 Å². The minimum absolute atomic E-state index is 0.151. The number of hydrogen-bond donors (Lipinski definition) is 1. The van der Waals surface area contributed by atoms with Crippen molar-refractivity contribution >= 4 is 16.7 Å². The molecule has 0 bridgehead atoms. The number of benzene rings is 1. The predicted molar refractivity (Wildman–Crippen MR) is 80.4 cm³/mol. The number of nitriles is 1. The van der Waals surface area contributed by atoms with Crippen LogP contribution < -0.4 is 10.6 Å². The molecule has 102 valence electrons. The van der Waals surface area contributed by atoms with Crippen LogP contribution in [0.4, 0.5) is 5.82 Å². The average molecular weight is 266 g/mol. The Bertz CT molecular complexity index is 664. The lowest BCUT2D eigenvalue weighted by molar-refractivity contribution is 0.400. The summed E-state index contributed by atoms with van der Waals surface area (Å²) < 4.78 is 0. The molecule has 3 rings (SSSR count). The molecule has 1 aliphatic rings. The highest BCUT2D eigenvalue weighted by atomic mass is 15.2. The van der Waals surface area contributed by atoms with Crippen molar-refractivity contribution in [1.29, 1.82) is 5.26 Å².